The van der Waals surface area contributed by atoms with Crippen molar-refractivity contribution in [1.29, 1.82) is 0 Å². The third-order valence-electron chi connectivity index (χ3n) is 5.80. The molecule has 4 aromatic rings. The van der Waals surface area contributed by atoms with Crippen LogP contribution in [0.5, 0.6) is 5.75 Å². The van der Waals surface area contributed by atoms with Gasteiger partial charge < -0.3 is 19.9 Å². The Balaban J connectivity index is 1.63. The Morgan fingerprint density at radius 2 is 1.68 bits per heavy atom. The molecule has 0 bridgehead atoms. The summed E-state index contributed by atoms with van der Waals surface area (Å²) in [4.78, 5) is 18.1. The Morgan fingerprint density at radius 3 is 2.38 bits per heavy atom. The van der Waals surface area contributed by atoms with Crippen LogP contribution >= 0.6 is 12.2 Å². The van der Waals surface area contributed by atoms with Crippen LogP contribution in [-0.4, -0.2) is 21.6 Å². The molecule has 34 heavy (non-hydrogen) atoms. The molecular formula is C28H29N3O2S. The fraction of sp³-hybridized carbons (Fsp3) is 0.214. The van der Waals surface area contributed by atoms with Crippen molar-refractivity contribution in [3.05, 3.63) is 105 Å². The van der Waals surface area contributed by atoms with Crippen molar-refractivity contribution in [2.45, 2.75) is 33.9 Å². The van der Waals surface area contributed by atoms with Crippen LogP contribution in [0.4, 0.5) is 5.69 Å². The fourth-order valence-electron chi connectivity index (χ4n) is 3.95. The highest BCUT2D eigenvalue weighted by molar-refractivity contribution is 7.80. The number of fused-ring (bicyclic) bond motifs is 1. The summed E-state index contributed by atoms with van der Waals surface area (Å²) in [6.45, 7) is 7.61. The van der Waals surface area contributed by atoms with Crippen molar-refractivity contribution < 1.29 is 4.74 Å². The van der Waals surface area contributed by atoms with Gasteiger partial charge in [-0.2, -0.15) is 0 Å². The number of benzene rings is 3. The second kappa shape index (κ2) is 10.5. The van der Waals surface area contributed by atoms with Crippen LogP contribution < -0.4 is 15.6 Å². The van der Waals surface area contributed by atoms with E-state index in [1.54, 1.807) is 0 Å². The summed E-state index contributed by atoms with van der Waals surface area (Å²) >= 11 is 5.80. The summed E-state index contributed by atoms with van der Waals surface area (Å²) in [5.74, 6) is 0.813. The molecule has 4 rings (SSSR count). The van der Waals surface area contributed by atoms with E-state index in [9.17, 15) is 4.79 Å². The highest BCUT2D eigenvalue weighted by Crippen LogP contribution is 2.21. The molecule has 0 fully saturated rings. The monoisotopic (exact) mass is 471 g/mol. The first-order valence-corrected chi connectivity index (χ1v) is 11.8. The number of anilines is 1. The van der Waals surface area contributed by atoms with Crippen LogP contribution in [0.2, 0.25) is 0 Å². The van der Waals surface area contributed by atoms with Gasteiger partial charge in [-0.1, -0.05) is 42.5 Å². The van der Waals surface area contributed by atoms with Crippen molar-refractivity contribution in [2.75, 3.05) is 11.9 Å². The maximum atomic E-state index is 13.0. The van der Waals surface area contributed by atoms with E-state index in [1.807, 2.05) is 73.3 Å². The van der Waals surface area contributed by atoms with Gasteiger partial charge in [-0.05, 0) is 80.0 Å². The number of H-pyrrole nitrogens is 1. The minimum atomic E-state index is -0.0943. The number of thiocarbonyl (C=S) groups is 1. The molecule has 6 heteroatoms. The lowest BCUT2D eigenvalue weighted by Crippen LogP contribution is -2.35. The van der Waals surface area contributed by atoms with E-state index in [1.165, 1.54) is 0 Å². The van der Waals surface area contributed by atoms with Crippen molar-refractivity contribution in [2.24, 2.45) is 0 Å². The molecule has 1 aromatic heterocycles. The molecule has 0 spiro atoms. The summed E-state index contributed by atoms with van der Waals surface area (Å²) in [7, 11) is 0. The number of aromatic nitrogens is 1. The average molecular weight is 472 g/mol. The third kappa shape index (κ3) is 5.46. The molecule has 5 nitrogen and oxygen atoms in total. The SMILES string of the molecule is CCOc1ccc(NC(=S)N(Cc2ccccc2)Cc2cc3c(C)ccc(C)c3[nH]c2=O)cc1. The summed E-state index contributed by atoms with van der Waals surface area (Å²) in [6.07, 6.45) is 0. The zero-order chi connectivity index (χ0) is 24.1. The normalized spacial score (nSPS) is 10.8. The summed E-state index contributed by atoms with van der Waals surface area (Å²) in [5.41, 5.74) is 5.63. The lowest BCUT2D eigenvalue weighted by Gasteiger charge is -2.26. The molecule has 3 aromatic carbocycles. The largest absolute Gasteiger partial charge is 0.494 e. The Morgan fingerprint density at radius 1 is 0.971 bits per heavy atom. The van der Waals surface area contributed by atoms with Gasteiger partial charge in [0.25, 0.3) is 5.56 Å². The van der Waals surface area contributed by atoms with E-state index in [2.05, 4.69) is 35.4 Å². The van der Waals surface area contributed by atoms with Gasteiger partial charge >= 0.3 is 0 Å². The Hall–Kier alpha value is -3.64. The van der Waals surface area contributed by atoms with Crippen molar-refractivity contribution in [3.63, 3.8) is 0 Å². The Bertz CT molecular complexity index is 1350. The van der Waals surface area contributed by atoms with Gasteiger partial charge in [-0.3, -0.25) is 4.79 Å². The van der Waals surface area contributed by atoms with E-state index in [0.29, 0.717) is 30.4 Å². The second-order valence-electron chi connectivity index (χ2n) is 8.34. The molecule has 0 unspecified atom stereocenters. The molecule has 0 aliphatic carbocycles. The van der Waals surface area contributed by atoms with Gasteiger partial charge in [0, 0.05) is 23.2 Å². The highest BCUT2D eigenvalue weighted by atomic mass is 32.1. The predicted octanol–water partition coefficient (Wildman–Crippen LogP) is 5.94. The van der Waals surface area contributed by atoms with Crippen LogP contribution in [-0.2, 0) is 13.1 Å². The van der Waals surface area contributed by atoms with Gasteiger partial charge in [-0.25, -0.2) is 0 Å². The molecule has 0 atom stereocenters. The van der Waals surface area contributed by atoms with Crippen LogP contribution in [0.25, 0.3) is 10.9 Å². The number of hydrogen-bond acceptors (Lipinski definition) is 3. The van der Waals surface area contributed by atoms with E-state index in [0.717, 1.165) is 39.0 Å². The number of rotatable bonds is 7. The van der Waals surface area contributed by atoms with Gasteiger partial charge in [0.1, 0.15) is 5.75 Å². The predicted molar refractivity (Wildman–Crippen MR) is 144 cm³/mol. The standard InChI is InChI=1S/C28H29N3O2S/c1-4-33-24-14-12-23(13-15-24)29-28(34)31(17-21-8-6-5-7-9-21)18-22-16-25-19(2)10-11-20(3)26(25)30-27(22)32/h5-16H,4,17-18H2,1-3H3,(H,29,34)(H,30,32). The highest BCUT2D eigenvalue weighted by Gasteiger charge is 2.15. The molecule has 1 heterocycles. The lowest BCUT2D eigenvalue weighted by atomic mass is 10.0. The zero-order valence-corrected chi connectivity index (χ0v) is 20.5. The minimum Gasteiger partial charge on any atom is -0.494 e. The zero-order valence-electron chi connectivity index (χ0n) is 19.7. The number of ether oxygens (including phenoxy) is 1. The fourth-order valence-corrected chi connectivity index (χ4v) is 4.20. The molecule has 0 amide bonds. The van der Waals surface area contributed by atoms with E-state index >= 15 is 0 Å². The summed E-state index contributed by atoms with van der Waals surface area (Å²) in [6, 6.07) is 23.9. The van der Waals surface area contributed by atoms with Gasteiger partial charge in [0.2, 0.25) is 0 Å². The van der Waals surface area contributed by atoms with Gasteiger partial charge in [-0.15, -0.1) is 0 Å². The van der Waals surface area contributed by atoms with Crippen molar-refractivity contribution >= 4 is 33.9 Å². The number of aromatic amines is 1. The molecule has 0 saturated heterocycles. The quantitative estimate of drug-likeness (QED) is 0.327. The smallest absolute Gasteiger partial charge is 0.253 e. The van der Waals surface area contributed by atoms with Crippen LogP contribution in [0, 0.1) is 13.8 Å². The molecule has 0 aliphatic heterocycles. The molecule has 2 N–H and O–H groups in total. The van der Waals surface area contributed by atoms with Gasteiger partial charge in [0.15, 0.2) is 5.11 Å². The van der Waals surface area contributed by atoms with Crippen LogP contribution in [0.3, 0.4) is 0 Å². The molecule has 0 aliphatic rings. The minimum absolute atomic E-state index is 0.0943. The first-order valence-electron chi connectivity index (χ1n) is 11.4. The lowest BCUT2D eigenvalue weighted by molar-refractivity contribution is 0.340. The first-order chi connectivity index (χ1) is 16.4. The second-order valence-corrected chi connectivity index (χ2v) is 8.73. The van der Waals surface area contributed by atoms with E-state index in [-0.39, 0.29) is 5.56 Å². The molecule has 0 saturated carbocycles. The van der Waals surface area contributed by atoms with E-state index < -0.39 is 0 Å². The maximum absolute atomic E-state index is 13.0. The molecule has 174 valence electrons. The Kier molecular flexibility index (Phi) is 7.28. The topological polar surface area (TPSA) is 57.4 Å². The number of aryl methyl sites for hydroxylation is 2. The maximum Gasteiger partial charge on any atom is 0.253 e. The number of pyridine rings is 1. The van der Waals surface area contributed by atoms with Crippen LogP contribution in [0.15, 0.2) is 77.6 Å². The molecule has 0 radical (unpaired) electrons. The number of hydrogen-bond donors (Lipinski definition) is 2. The molecular weight excluding hydrogens is 442 g/mol. The third-order valence-corrected chi connectivity index (χ3v) is 6.16. The van der Waals surface area contributed by atoms with Crippen molar-refractivity contribution in [1.82, 2.24) is 9.88 Å². The van der Waals surface area contributed by atoms with Gasteiger partial charge in [0.05, 0.1) is 18.7 Å². The first kappa shape index (κ1) is 23.5. The average Bonchev–Trinajstić information content (AvgIpc) is 2.84. The summed E-state index contributed by atoms with van der Waals surface area (Å²) < 4.78 is 5.53. The van der Waals surface area contributed by atoms with Crippen molar-refractivity contribution in [3.8, 4) is 5.75 Å². The number of nitrogens with one attached hydrogen (secondary N) is 2. The van der Waals surface area contributed by atoms with Crippen LogP contribution in [0.1, 0.15) is 29.2 Å². The summed E-state index contributed by atoms with van der Waals surface area (Å²) in [5, 5.41) is 4.92. The number of nitrogens with zero attached hydrogens (tertiary/aromatic N) is 1. The Labute approximate surface area is 205 Å². The van der Waals surface area contributed by atoms with E-state index in [4.69, 9.17) is 17.0 Å².